The number of anilines is 2. The highest BCUT2D eigenvalue weighted by atomic mass is 16.5. The number of carbonyl (C=O) groups excluding carboxylic acids is 2. The van der Waals surface area contributed by atoms with Crippen molar-refractivity contribution in [2.75, 3.05) is 17.7 Å². The Kier molecular flexibility index (Phi) is 4.59. The second-order valence-corrected chi connectivity index (χ2v) is 4.98. The van der Waals surface area contributed by atoms with Crippen molar-refractivity contribution in [3.05, 3.63) is 30.4 Å². The van der Waals surface area contributed by atoms with Gasteiger partial charge in [-0.2, -0.15) is 0 Å². The van der Waals surface area contributed by atoms with Crippen LogP contribution in [0.25, 0.3) is 0 Å². The number of carbonyl (C=O) groups is 2. The molecule has 2 unspecified atom stereocenters. The van der Waals surface area contributed by atoms with Crippen LogP contribution in [0.2, 0.25) is 0 Å². The van der Waals surface area contributed by atoms with Crippen molar-refractivity contribution in [3.8, 4) is 5.75 Å². The van der Waals surface area contributed by atoms with Crippen molar-refractivity contribution < 1.29 is 14.3 Å². The second kappa shape index (κ2) is 6.41. The predicted molar refractivity (Wildman–Crippen MR) is 81.1 cm³/mol. The topological polar surface area (TPSA) is 93.4 Å². The summed E-state index contributed by atoms with van der Waals surface area (Å²) in [5.41, 5.74) is 6.91. The Morgan fingerprint density at radius 2 is 2.05 bits per heavy atom. The molecule has 0 aliphatic heterocycles. The van der Waals surface area contributed by atoms with Gasteiger partial charge in [0.25, 0.3) is 0 Å². The number of hydrogen-bond donors (Lipinski definition) is 3. The molecule has 2 rings (SSSR count). The van der Waals surface area contributed by atoms with Crippen LogP contribution >= 0.6 is 0 Å². The third-order valence-corrected chi connectivity index (χ3v) is 3.23. The molecule has 0 saturated heterocycles. The first-order valence-corrected chi connectivity index (χ1v) is 6.70. The van der Waals surface area contributed by atoms with E-state index < -0.39 is 0 Å². The van der Waals surface area contributed by atoms with Crippen molar-refractivity contribution in [2.45, 2.75) is 19.4 Å². The number of nitrogens with two attached hydrogens (primary N) is 1. The van der Waals surface area contributed by atoms with Gasteiger partial charge in [-0.25, -0.2) is 0 Å². The van der Waals surface area contributed by atoms with Gasteiger partial charge in [-0.05, 0) is 18.6 Å². The molecule has 0 bridgehead atoms. The first kappa shape index (κ1) is 15.1. The average Bonchev–Trinajstić information content (AvgIpc) is 2.86. The van der Waals surface area contributed by atoms with E-state index in [9.17, 15) is 9.59 Å². The molecule has 1 aliphatic carbocycles. The van der Waals surface area contributed by atoms with E-state index in [1.807, 2.05) is 12.2 Å². The van der Waals surface area contributed by atoms with Crippen molar-refractivity contribution >= 4 is 23.2 Å². The maximum absolute atomic E-state index is 12.1. The Balaban J connectivity index is 2.08. The zero-order chi connectivity index (χ0) is 15.4. The summed E-state index contributed by atoms with van der Waals surface area (Å²) in [5.74, 6) is -0.00798. The summed E-state index contributed by atoms with van der Waals surface area (Å²) in [4.78, 5) is 23.2. The van der Waals surface area contributed by atoms with Gasteiger partial charge in [0.2, 0.25) is 11.8 Å². The number of hydrogen-bond acceptors (Lipinski definition) is 4. The first-order valence-electron chi connectivity index (χ1n) is 6.70. The summed E-state index contributed by atoms with van der Waals surface area (Å²) in [5, 5.41) is 5.48. The van der Waals surface area contributed by atoms with E-state index in [1.165, 1.54) is 14.0 Å². The van der Waals surface area contributed by atoms with E-state index in [0.29, 0.717) is 23.5 Å². The molecular weight excluding hydrogens is 270 g/mol. The van der Waals surface area contributed by atoms with E-state index in [0.717, 1.165) is 0 Å². The monoisotopic (exact) mass is 289 g/mol. The summed E-state index contributed by atoms with van der Waals surface area (Å²) in [6.07, 6.45) is 4.28. The Morgan fingerprint density at radius 3 is 2.62 bits per heavy atom. The van der Waals surface area contributed by atoms with Gasteiger partial charge in [0.05, 0.1) is 18.7 Å². The molecule has 1 aromatic rings. The maximum Gasteiger partial charge on any atom is 0.231 e. The van der Waals surface area contributed by atoms with Crippen molar-refractivity contribution in [1.82, 2.24) is 0 Å². The molecule has 1 aliphatic rings. The SMILES string of the molecule is COc1cc(NC(=O)C2C=CC(N)C2)ccc1NC(C)=O. The number of rotatable bonds is 4. The van der Waals surface area contributed by atoms with Crippen LogP contribution in [0.15, 0.2) is 30.4 Å². The van der Waals surface area contributed by atoms with Crippen molar-refractivity contribution in [2.24, 2.45) is 11.7 Å². The third-order valence-electron chi connectivity index (χ3n) is 3.23. The highest BCUT2D eigenvalue weighted by Crippen LogP contribution is 2.28. The van der Waals surface area contributed by atoms with Crippen molar-refractivity contribution in [3.63, 3.8) is 0 Å². The highest BCUT2D eigenvalue weighted by Gasteiger charge is 2.22. The van der Waals surface area contributed by atoms with E-state index in [4.69, 9.17) is 10.5 Å². The van der Waals surface area contributed by atoms with Gasteiger partial charge in [-0.15, -0.1) is 0 Å². The van der Waals surface area contributed by atoms with Crippen LogP contribution in [0.3, 0.4) is 0 Å². The fraction of sp³-hybridized carbons (Fsp3) is 0.333. The third kappa shape index (κ3) is 3.82. The minimum Gasteiger partial charge on any atom is -0.494 e. The summed E-state index contributed by atoms with van der Waals surface area (Å²) < 4.78 is 5.21. The zero-order valence-electron chi connectivity index (χ0n) is 12.1. The fourth-order valence-corrected chi connectivity index (χ4v) is 2.22. The lowest BCUT2D eigenvalue weighted by Gasteiger charge is -2.13. The predicted octanol–water partition coefficient (Wildman–Crippen LogP) is 1.50. The molecule has 112 valence electrons. The molecule has 0 spiro atoms. The lowest BCUT2D eigenvalue weighted by molar-refractivity contribution is -0.118. The van der Waals surface area contributed by atoms with Gasteiger partial charge in [0.1, 0.15) is 5.75 Å². The summed E-state index contributed by atoms with van der Waals surface area (Å²) in [6, 6.07) is 5.01. The van der Waals surface area contributed by atoms with Gasteiger partial charge < -0.3 is 21.1 Å². The second-order valence-electron chi connectivity index (χ2n) is 4.98. The zero-order valence-corrected chi connectivity index (χ0v) is 12.1. The average molecular weight is 289 g/mol. The van der Waals surface area contributed by atoms with Crippen LogP contribution < -0.4 is 21.1 Å². The lowest BCUT2D eigenvalue weighted by Crippen LogP contribution is -2.24. The minimum absolute atomic E-state index is 0.0579. The number of amides is 2. The van der Waals surface area contributed by atoms with Crippen LogP contribution in [0.4, 0.5) is 11.4 Å². The molecule has 2 amide bonds. The van der Waals surface area contributed by atoms with Crippen LogP contribution in [0.1, 0.15) is 13.3 Å². The molecular formula is C15H19N3O3. The number of methoxy groups -OCH3 is 1. The summed E-state index contributed by atoms with van der Waals surface area (Å²) >= 11 is 0. The fourth-order valence-electron chi connectivity index (χ4n) is 2.22. The van der Waals surface area contributed by atoms with Crippen LogP contribution in [-0.4, -0.2) is 25.0 Å². The molecule has 0 aromatic heterocycles. The van der Waals surface area contributed by atoms with Gasteiger partial charge in [0, 0.05) is 24.7 Å². The molecule has 4 N–H and O–H groups in total. The van der Waals surface area contributed by atoms with E-state index >= 15 is 0 Å². The number of nitrogens with one attached hydrogen (secondary N) is 2. The van der Waals surface area contributed by atoms with Gasteiger partial charge >= 0.3 is 0 Å². The van der Waals surface area contributed by atoms with E-state index in [-0.39, 0.29) is 23.8 Å². The van der Waals surface area contributed by atoms with Crippen molar-refractivity contribution in [1.29, 1.82) is 0 Å². The van der Waals surface area contributed by atoms with Crippen LogP contribution in [0.5, 0.6) is 5.75 Å². The lowest BCUT2D eigenvalue weighted by atomic mass is 10.1. The number of ether oxygens (including phenoxy) is 1. The standard InChI is InChI=1S/C15H19N3O3/c1-9(19)17-13-6-5-12(8-14(13)21-2)18-15(20)10-3-4-11(16)7-10/h3-6,8,10-11H,7,16H2,1-2H3,(H,17,19)(H,18,20). The molecule has 6 nitrogen and oxygen atoms in total. The summed E-state index contributed by atoms with van der Waals surface area (Å²) in [6.45, 7) is 1.42. The minimum atomic E-state index is -0.207. The van der Waals surface area contributed by atoms with Gasteiger partial charge in [0.15, 0.2) is 0 Å². The molecule has 2 atom stereocenters. The Bertz CT molecular complexity index is 584. The molecule has 6 heteroatoms. The smallest absolute Gasteiger partial charge is 0.231 e. The molecule has 0 saturated carbocycles. The normalized spacial score (nSPS) is 20.1. The Labute approximate surface area is 123 Å². The quantitative estimate of drug-likeness (QED) is 0.732. The van der Waals surface area contributed by atoms with Gasteiger partial charge in [-0.3, -0.25) is 9.59 Å². The highest BCUT2D eigenvalue weighted by molar-refractivity contribution is 5.95. The molecule has 0 radical (unpaired) electrons. The number of benzene rings is 1. The van der Waals surface area contributed by atoms with E-state index in [1.54, 1.807) is 18.2 Å². The maximum atomic E-state index is 12.1. The van der Waals surface area contributed by atoms with E-state index in [2.05, 4.69) is 10.6 Å². The molecule has 1 aromatic carbocycles. The molecule has 0 heterocycles. The van der Waals surface area contributed by atoms with Gasteiger partial charge in [-0.1, -0.05) is 12.2 Å². The Morgan fingerprint density at radius 1 is 1.29 bits per heavy atom. The largest absolute Gasteiger partial charge is 0.494 e. The van der Waals surface area contributed by atoms with Crippen LogP contribution in [-0.2, 0) is 9.59 Å². The Hall–Kier alpha value is -2.34. The summed E-state index contributed by atoms with van der Waals surface area (Å²) in [7, 11) is 1.50. The first-order chi connectivity index (χ1) is 9.99. The molecule has 0 fully saturated rings. The van der Waals surface area contributed by atoms with Crippen LogP contribution in [0, 0.1) is 5.92 Å². The molecule has 21 heavy (non-hydrogen) atoms.